The quantitative estimate of drug-likeness (QED) is 0.702. The number of unbranched alkanes of at least 4 members (excludes halogenated alkanes) is 1. The molecule has 2 rings (SSSR count). The summed E-state index contributed by atoms with van der Waals surface area (Å²) in [4.78, 5) is 14.2. The van der Waals surface area contributed by atoms with Gasteiger partial charge in [0.05, 0.1) is 17.9 Å². The van der Waals surface area contributed by atoms with Crippen molar-refractivity contribution in [3.63, 3.8) is 0 Å². The lowest BCUT2D eigenvalue weighted by Gasteiger charge is -2.33. The Labute approximate surface area is 143 Å². The van der Waals surface area contributed by atoms with Crippen molar-refractivity contribution in [3.8, 4) is 0 Å². The minimum Gasteiger partial charge on any atom is -0.293 e. The van der Waals surface area contributed by atoms with Gasteiger partial charge in [0, 0.05) is 26.2 Å². The Hall–Kier alpha value is -1.31. The smallest absolute Gasteiger partial charge is 0.214 e. The van der Waals surface area contributed by atoms with E-state index in [2.05, 4.69) is 0 Å². The lowest BCUT2D eigenvalue weighted by Crippen LogP contribution is -2.50. The molecule has 0 N–H and O–H groups in total. The Balaban J connectivity index is 1.91. The van der Waals surface area contributed by atoms with Crippen LogP contribution >= 0.6 is 0 Å². The van der Waals surface area contributed by atoms with Gasteiger partial charge in [-0.25, -0.2) is 12.8 Å². The SMILES string of the molecule is CCCCS(=O)(=O)N1CCN(CC(=O)c2cc(C)ccc2F)CC1. The molecule has 1 aliphatic heterocycles. The summed E-state index contributed by atoms with van der Waals surface area (Å²) in [6.07, 6.45) is 1.50. The molecule has 7 heteroatoms. The van der Waals surface area contributed by atoms with Crippen LogP contribution in [-0.2, 0) is 10.0 Å². The minimum absolute atomic E-state index is 0.105. The average Bonchev–Trinajstić information content (AvgIpc) is 2.55. The van der Waals surface area contributed by atoms with Crippen LogP contribution in [-0.4, -0.2) is 61.9 Å². The number of carbonyl (C=O) groups excluding carboxylic acids is 1. The number of halogens is 1. The predicted octanol–water partition coefficient (Wildman–Crippen LogP) is 2.06. The van der Waals surface area contributed by atoms with E-state index in [0.717, 1.165) is 12.0 Å². The molecule has 0 aliphatic carbocycles. The van der Waals surface area contributed by atoms with Gasteiger partial charge in [-0.1, -0.05) is 25.0 Å². The van der Waals surface area contributed by atoms with Crippen LogP contribution in [0.1, 0.15) is 35.7 Å². The zero-order valence-electron chi connectivity index (χ0n) is 14.3. The molecule has 1 heterocycles. The van der Waals surface area contributed by atoms with Gasteiger partial charge < -0.3 is 0 Å². The molecule has 0 unspecified atom stereocenters. The van der Waals surface area contributed by atoms with Crippen LogP contribution < -0.4 is 0 Å². The number of sulfonamides is 1. The summed E-state index contributed by atoms with van der Waals surface area (Å²) in [6.45, 7) is 5.64. The zero-order valence-corrected chi connectivity index (χ0v) is 15.1. The summed E-state index contributed by atoms with van der Waals surface area (Å²) in [5.74, 6) is -0.596. The molecule has 1 aliphatic rings. The molecule has 1 fully saturated rings. The van der Waals surface area contributed by atoms with Gasteiger partial charge in [0.2, 0.25) is 10.0 Å². The van der Waals surface area contributed by atoms with Crippen molar-refractivity contribution in [1.29, 1.82) is 0 Å². The Morgan fingerprint density at radius 3 is 2.50 bits per heavy atom. The monoisotopic (exact) mass is 356 g/mol. The van der Waals surface area contributed by atoms with E-state index < -0.39 is 15.8 Å². The third-order valence-corrected chi connectivity index (χ3v) is 6.23. The predicted molar refractivity (Wildman–Crippen MR) is 92.2 cm³/mol. The van der Waals surface area contributed by atoms with E-state index in [-0.39, 0.29) is 23.6 Å². The first kappa shape index (κ1) is 19.0. The first-order chi connectivity index (χ1) is 11.3. The number of nitrogens with zero attached hydrogens (tertiary/aromatic N) is 2. The van der Waals surface area contributed by atoms with Gasteiger partial charge in [0.1, 0.15) is 5.82 Å². The topological polar surface area (TPSA) is 57.7 Å². The number of carbonyl (C=O) groups is 1. The van der Waals surface area contributed by atoms with Crippen molar-refractivity contribution in [1.82, 2.24) is 9.21 Å². The molecule has 0 atom stereocenters. The fraction of sp³-hybridized carbons (Fsp3) is 0.588. The number of aryl methyl sites for hydroxylation is 1. The second-order valence-electron chi connectivity index (χ2n) is 6.25. The van der Waals surface area contributed by atoms with Gasteiger partial charge >= 0.3 is 0 Å². The Kier molecular flexibility index (Phi) is 6.48. The van der Waals surface area contributed by atoms with Gasteiger partial charge in [0.15, 0.2) is 5.78 Å². The highest BCUT2D eigenvalue weighted by Crippen LogP contribution is 2.14. The fourth-order valence-corrected chi connectivity index (χ4v) is 4.39. The highest BCUT2D eigenvalue weighted by atomic mass is 32.2. The summed E-state index contributed by atoms with van der Waals surface area (Å²) in [7, 11) is -3.20. The molecule has 0 aromatic heterocycles. The Bertz CT molecular complexity index is 683. The lowest BCUT2D eigenvalue weighted by atomic mass is 10.1. The molecular formula is C17H25FN2O3S. The second kappa shape index (κ2) is 8.18. The molecule has 0 saturated carbocycles. The van der Waals surface area contributed by atoms with E-state index in [9.17, 15) is 17.6 Å². The van der Waals surface area contributed by atoms with Crippen LogP contribution in [0.4, 0.5) is 4.39 Å². The molecule has 5 nitrogen and oxygen atoms in total. The number of rotatable bonds is 7. The molecule has 0 bridgehead atoms. The molecule has 134 valence electrons. The van der Waals surface area contributed by atoms with Crippen molar-refractivity contribution in [2.45, 2.75) is 26.7 Å². The molecule has 0 radical (unpaired) electrons. The Morgan fingerprint density at radius 2 is 1.88 bits per heavy atom. The molecular weight excluding hydrogens is 331 g/mol. The summed E-state index contributed by atoms with van der Waals surface area (Å²) >= 11 is 0. The summed E-state index contributed by atoms with van der Waals surface area (Å²) in [6, 6.07) is 4.50. The number of hydrogen-bond donors (Lipinski definition) is 0. The second-order valence-corrected chi connectivity index (χ2v) is 8.34. The number of piperazine rings is 1. The molecule has 1 saturated heterocycles. The van der Waals surface area contributed by atoms with Gasteiger partial charge in [-0.15, -0.1) is 0 Å². The van der Waals surface area contributed by atoms with Gasteiger partial charge in [-0.3, -0.25) is 9.69 Å². The van der Waals surface area contributed by atoms with E-state index in [4.69, 9.17) is 0 Å². The largest absolute Gasteiger partial charge is 0.293 e. The molecule has 0 amide bonds. The standard InChI is InChI=1S/C17H25FN2O3S/c1-3-4-11-24(22,23)20-9-7-19(8-10-20)13-17(21)15-12-14(2)5-6-16(15)18/h5-6,12H,3-4,7-11,13H2,1-2H3. The van der Waals surface area contributed by atoms with Crippen molar-refractivity contribution in [2.24, 2.45) is 0 Å². The first-order valence-electron chi connectivity index (χ1n) is 8.33. The van der Waals surface area contributed by atoms with Gasteiger partial charge in [0.25, 0.3) is 0 Å². The van der Waals surface area contributed by atoms with E-state index in [0.29, 0.717) is 32.6 Å². The fourth-order valence-electron chi connectivity index (χ4n) is 2.76. The molecule has 1 aromatic rings. The number of Topliss-reactive ketones (excluding diaryl/α,β-unsaturated/α-hetero) is 1. The zero-order chi connectivity index (χ0) is 17.7. The lowest BCUT2D eigenvalue weighted by molar-refractivity contribution is 0.0897. The van der Waals surface area contributed by atoms with Crippen LogP contribution in [0.25, 0.3) is 0 Å². The molecule has 0 spiro atoms. The average molecular weight is 356 g/mol. The molecule has 24 heavy (non-hydrogen) atoms. The Morgan fingerprint density at radius 1 is 1.21 bits per heavy atom. The van der Waals surface area contributed by atoms with Crippen molar-refractivity contribution in [2.75, 3.05) is 38.5 Å². The van der Waals surface area contributed by atoms with Gasteiger partial charge in [-0.2, -0.15) is 4.31 Å². The number of benzene rings is 1. The summed E-state index contributed by atoms with van der Waals surface area (Å²) in [5.41, 5.74) is 0.944. The maximum Gasteiger partial charge on any atom is 0.214 e. The van der Waals surface area contributed by atoms with Crippen molar-refractivity contribution < 1.29 is 17.6 Å². The normalized spacial score (nSPS) is 17.1. The maximum absolute atomic E-state index is 13.8. The number of hydrogen-bond acceptors (Lipinski definition) is 4. The van der Waals surface area contributed by atoms with Crippen LogP contribution in [0, 0.1) is 12.7 Å². The van der Waals surface area contributed by atoms with Crippen molar-refractivity contribution >= 4 is 15.8 Å². The van der Waals surface area contributed by atoms with E-state index in [1.165, 1.54) is 10.4 Å². The minimum atomic E-state index is -3.20. The van der Waals surface area contributed by atoms with Crippen LogP contribution in [0.3, 0.4) is 0 Å². The first-order valence-corrected chi connectivity index (χ1v) is 9.94. The van der Waals surface area contributed by atoms with Crippen LogP contribution in [0.2, 0.25) is 0 Å². The third-order valence-electron chi connectivity index (χ3n) is 4.27. The third kappa shape index (κ3) is 4.84. The van der Waals surface area contributed by atoms with Crippen LogP contribution in [0.5, 0.6) is 0 Å². The van der Waals surface area contributed by atoms with E-state index in [1.54, 1.807) is 12.1 Å². The van der Waals surface area contributed by atoms with Crippen molar-refractivity contribution in [3.05, 3.63) is 35.1 Å². The van der Waals surface area contributed by atoms with Gasteiger partial charge in [-0.05, 0) is 25.5 Å². The molecule has 1 aromatic carbocycles. The van der Waals surface area contributed by atoms with E-state index in [1.807, 2.05) is 18.7 Å². The van der Waals surface area contributed by atoms with Crippen LogP contribution in [0.15, 0.2) is 18.2 Å². The summed E-state index contributed by atoms with van der Waals surface area (Å²) < 4.78 is 39.6. The highest BCUT2D eigenvalue weighted by molar-refractivity contribution is 7.89. The maximum atomic E-state index is 13.8. The number of ketones is 1. The van der Waals surface area contributed by atoms with E-state index >= 15 is 0 Å². The highest BCUT2D eigenvalue weighted by Gasteiger charge is 2.27. The summed E-state index contributed by atoms with van der Waals surface area (Å²) in [5, 5.41) is 0.